The van der Waals surface area contributed by atoms with Crippen LogP contribution in [0.25, 0.3) is 11.3 Å². The number of fused-ring (bicyclic) bond motifs is 2. The normalized spacial score (nSPS) is 15.7. The fraction of sp³-hybridized carbons (Fsp3) is 0.325. The number of benzene rings is 2. The zero-order chi connectivity index (χ0) is 41.4. The van der Waals surface area contributed by atoms with Crippen molar-refractivity contribution in [1.82, 2.24) is 39.0 Å². The first-order valence-corrected chi connectivity index (χ1v) is 18.4. The number of halogens is 6. The van der Waals surface area contributed by atoms with Gasteiger partial charge in [0.1, 0.15) is 0 Å². The van der Waals surface area contributed by atoms with Gasteiger partial charge >= 0.3 is 18.3 Å². The minimum absolute atomic E-state index is 0.0150. The first kappa shape index (κ1) is 39.9. The third-order valence-electron chi connectivity index (χ3n) is 10.6. The lowest BCUT2D eigenvalue weighted by Crippen LogP contribution is -2.39. The highest BCUT2D eigenvalue weighted by Crippen LogP contribution is 2.40. The average molecular weight is 807 g/mol. The number of aryl methyl sites for hydroxylation is 1. The van der Waals surface area contributed by atoms with Gasteiger partial charge in [0, 0.05) is 38.6 Å². The van der Waals surface area contributed by atoms with Crippen LogP contribution < -0.4 is 0 Å². The third kappa shape index (κ3) is 8.22. The largest absolute Gasteiger partial charge is 0.478 e. The second-order valence-electron chi connectivity index (χ2n) is 14.2. The average Bonchev–Trinajstić information content (AvgIpc) is 3.84. The van der Waals surface area contributed by atoms with Gasteiger partial charge in [-0.3, -0.25) is 18.4 Å². The Morgan fingerprint density at radius 3 is 1.43 bits per heavy atom. The number of rotatable bonds is 5. The highest BCUT2D eigenvalue weighted by atomic mass is 19.4. The van der Waals surface area contributed by atoms with E-state index in [1.54, 1.807) is 39.8 Å². The van der Waals surface area contributed by atoms with Gasteiger partial charge in [0.25, 0.3) is 11.8 Å². The van der Waals surface area contributed by atoms with Crippen molar-refractivity contribution < 1.29 is 45.8 Å². The van der Waals surface area contributed by atoms with Crippen molar-refractivity contribution in [2.45, 2.75) is 56.8 Å². The Hall–Kier alpha value is -6.33. The van der Waals surface area contributed by atoms with Crippen molar-refractivity contribution in [2.75, 3.05) is 26.2 Å². The first-order valence-electron chi connectivity index (χ1n) is 18.4. The highest BCUT2D eigenvalue weighted by Gasteiger charge is 2.38. The van der Waals surface area contributed by atoms with E-state index in [4.69, 9.17) is 5.11 Å². The molecule has 58 heavy (non-hydrogen) atoms. The van der Waals surface area contributed by atoms with E-state index >= 15 is 0 Å². The molecule has 2 aliphatic rings. The summed E-state index contributed by atoms with van der Waals surface area (Å²) in [5.74, 6) is -2.16. The fourth-order valence-corrected chi connectivity index (χ4v) is 7.60. The third-order valence-corrected chi connectivity index (χ3v) is 10.6. The number of hydrogen-bond donors (Lipinski definition) is 1. The Kier molecular flexibility index (Phi) is 10.9. The van der Waals surface area contributed by atoms with E-state index in [0.717, 1.165) is 17.7 Å². The SMILES string of the molecule is Cc1ccc2nnc(C(=O)N3CCC(c4ccccc4C(F)(F)F)CC3)n2c1.O=C(O)c1ccc2nnc(C(=O)N3CCC(c4ccccc4C(F)(F)F)CC3)n2c1. The van der Waals surface area contributed by atoms with Crippen LogP contribution in [0.15, 0.2) is 85.2 Å². The van der Waals surface area contributed by atoms with Gasteiger partial charge in [-0.2, -0.15) is 26.3 Å². The summed E-state index contributed by atoms with van der Waals surface area (Å²) in [7, 11) is 0. The predicted octanol–water partition coefficient (Wildman–Crippen LogP) is 7.54. The lowest BCUT2D eigenvalue weighted by Gasteiger charge is -2.32. The monoisotopic (exact) mass is 806 g/mol. The fourth-order valence-electron chi connectivity index (χ4n) is 7.60. The molecular formula is C40H36F6N8O4. The number of carboxylic acids is 1. The number of carbonyl (C=O) groups excluding carboxylic acids is 2. The van der Waals surface area contributed by atoms with Gasteiger partial charge < -0.3 is 14.9 Å². The van der Waals surface area contributed by atoms with Crippen molar-refractivity contribution in [3.8, 4) is 0 Å². The zero-order valence-corrected chi connectivity index (χ0v) is 30.9. The summed E-state index contributed by atoms with van der Waals surface area (Å²) < 4.78 is 82.8. The molecule has 18 heteroatoms. The summed E-state index contributed by atoms with van der Waals surface area (Å²) in [5, 5.41) is 24.9. The van der Waals surface area contributed by atoms with Crippen LogP contribution in [0.4, 0.5) is 26.3 Å². The van der Waals surface area contributed by atoms with Crippen LogP contribution in [0.2, 0.25) is 0 Å². The van der Waals surface area contributed by atoms with Crippen molar-refractivity contribution in [3.63, 3.8) is 0 Å². The van der Waals surface area contributed by atoms with Crippen LogP contribution in [-0.4, -0.2) is 88.1 Å². The number of amides is 2. The molecule has 0 atom stereocenters. The van der Waals surface area contributed by atoms with Crippen molar-refractivity contribution in [3.05, 3.63) is 130 Å². The number of carboxylic acid groups (broad SMARTS) is 1. The molecule has 0 spiro atoms. The van der Waals surface area contributed by atoms with Crippen molar-refractivity contribution in [2.24, 2.45) is 0 Å². The molecule has 12 nitrogen and oxygen atoms in total. The second-order valence-corrected chi connectivity index (χ2v) is 14.2. The van der Waals surface area contributed by atoms with Gasteiger partial charge in [0.15, 0.2) is 11.3 Å². The van der Waals surface area contributed by atoms with E-state index in [-0.39, 0.29) is 53.6 Å². The molecule has 2 aromatic carbocycles. The van der Waals surface area contributed by atoms with E-state index in [0.29, 0.717) is 55.6 Å². The Labute approximate surface area is 326 Å². The van der Waals surface area contributed by atoms with Crippen LogP contribution in [0.3, 0.4) is 0 Å². The smallest absolute Gasteiger partial charge is 0.416 e. The van der Waals surface area contributed by atoms with E-state index < -0.39 is 35.4 Å². The molecule has 2 saturated heterocycles. The molecule has 2 amide bonds. The van der Waals surface area contributed by atoms with Crippen molar-refractivity contribution >= 4 is 29.1 Å². The van der Waals surface area contributed by atoms with E-state index in [2.05, 4.69) is 20.4 Å². The number of aromatic nitrogens is 6. The zero-order valence-electron chi connectivity index (χ0n) is 30.9. The number of likely N-dealkylation sites (tertiary alicyclic amines) is 2. The Balaban J connectivity index is 0.000000177. The molecule has 0 bridgehead atoms. The molecule has 2 aliphatic heterocycles. The minimum atomic E-state index is -4.42. The lowest BCUT2D eigenvalue weighted by atomic mass is 9.86. The molecule has 6 heterocycles. The molecule has 8 rings (SSSR count). The van der Waals surface area contributed by atoms with Gasteiger partial charge in [-0.15, -0.1) is 20.4 Å². The van der Waals surface area contributed by atoms with Crippen LogP contribution in [0.5, 0.6) is 0 Å². The number of alkyl halides is 6. The number of nitrogens with zero attached hydrogens (tertiary/aromatic N) is 8. The number of pyridine rings is 2. The molecule has 0 unspecified atom stereocenters. The minimum Gasteiger partial charge on any atom is -0.478 e. The standard InChI is InChI=1S/C20H17F3N4O3.C20H19F3N4O/c21-20(22,23)15-4-2-1-3-14(15)12-7-9-26(10-8-12)18(28)17-25-24-16-6-5-13(19(29)30)11-27(16)17;1-13-6-7-17-24-25-18(27(17)12-13)19(28)26-10-8-14(9-11-26)15-4-2-3-5-16(15)20(21,22)23/h1-6,11-12H,7-10H2,(H,29,30);2-7,12,14H,8-11H2,1H3. The van der Waals surface area contributed by atoms with Crippen molar-refractivity contribution in [1.29, 1.82) is 0 Å². The summed E-state index contributed by atoms with van der Waals surface area (Å²) >= 11 is 0. The summed E-state index contributed by atoms with van der Waals surface area (Å²) in [6.07, 6.45) is -3.99. The Morgan fingerprint density at radius 1 is 0.586 bits per heavy atom. The summed E-state index contributed by atoms with van der Waals surface area (Å²) in [5.41, 5.74) is 1.21. The van der Waals surface area contributed by atoms with Crippen LogP contribution in [-0.2, 0) is 12.4 Å². The molecule has 302 valence electrons. The molecule has 4 aromatic heterocycles. The highest BCUT2D eigenvalue weighted by molar-refractivity contribution is 5.93. The van der Waals surface area contributed by atoms with E-state index in [1.165, 1.54) is 45.8 Å². The first-order chi connectivity index (χ1) is 27.6. The second kappa shape index (κ2) is 15.9. The van der Waals surface area contributed by atoms with E-state index in [1.807, 2.05) is 13.0 Å². The summed E-state index contributed by atoms with van der Waals surface area (Å²) in [6.45, 7) is 3.22. The summed E-state index contributed by atoms with van der Waals surface area (Å²) in [6, 6.07) is 17.7. The molecule has 6 aromatic rings. The van der Waals surface area contributed by atoms with Gasteiger partial charge in [-0.25, -0.2) is 4.79 Å². The maximum atomic E-state index is 13.3. The summed E-state index contributed by atoms with van der Waals surface area (Å²) in [4.78, 5) is 40.1. The number of aromatic carboxylic acids is 1. The molecule has 0 saturated carbocycles. The Morgan fingerprint density at radius 2 is 1.00 bits per heavy atom. The predicted molar refractivity (Wildman–Crippen MR) is 196 cm³/mol. The molecule has 0 aliphatic carbocycles. The number of carbonyl (C=O) groups is 3. The maximum absolute atomic E-state index is 13.3. The topological polar surface area (TPSA) is 138 Å². The molecular weight excluding hydrogens is 770 g/mol. The molecule has 1 N–H and O–H groups in total. The van der Waals surface area contributed by atoms with Gasteiger partial charge in [0.05, 0.1) is 16.7 Å². The number of piperidine rings is 2. The quantitative estimate of drug-likeness (QED) is 0.177. The van der Waals surface area contributed by atoms with Gasteiger partial charge in [0.2, 0.25) is 11.6 Å². The molecule has 0 radical (unpaired) electrons. The maximum Gasteiger partial charge on any atom is 0.416 e. The van der Waals surface area contributed by atoms with Gasteiger partial charge in [-0.1, -0.05) is 42.5 Å². The number of hydrogen-bond acceptors (Lipinski definition) is 7. The van der Waals surface area contributed by atoms with E-state index in [9.17, 15) is 40.7 Å². The van der Waals surface area contributed by atoms with Crippen LogP contribution in [0, 0.1) is 6.92 Å². The Bertz CT molecular complexity index is 2480. The van der Waals surface area contributed by atoms with Crippen LogP contribution >= 0.6 is 0 Å². The lowest BCUT2D eigenvalue weighted by molar-refractivity contribution is -0.139. The van der Waals surface area contributed by atoms with Gasteiger partial charge in [-0.05, 0) is 91.5 Å². The van der Waals surface area contributed by atoms with Crippen LogP contribution in [0.1, 0.15) is 96.9 Å². The molecule has 2 fully saturated rings.